The minimum absolute atomic E-state index is 0.0148. The number of carboxylic acid groups (broad SMARTS) is 2. The van der Waals surface area contributed by atoms with E-state index in [1.165, 1.54) is 12.1 Å². The van der Waals surface area contributed by atoms with Crippen LogP contribution in [0.4, 0.5) is 0 Å². The summed E-state index contributed by atoms with van der Waals surface area (Å²) in [6, 6.07) is 2.37. The molecule has 0 aliphatic rings. The van der Waals surface area contributed by atoms with Crippen LogP contribution in [0.2, 0.25) is 0 Å². The highest BCUT2D eigenvalue weighted by atomic mass is 16.5. The summed E-state index contributed by atoms with van der Waals surface area (Å²) in [5, 5.41) is 18.4. The van der Waals surface area contributed by atoms with Gasteiger partial charge in [-0.2, -0.15) is 0 Å². The Labute approximate surface area is 116 Å². The zero-order chi connectivity index (χ0) is 15.4. The van der Waals surface area contributed by atoms with Crippen molar-refractivity contribution in [2.45, 2.75) is 39.9 Å². The molecule has 1 rings (SSSR count). The fraction of sp³-hybridized carbons (Fsp3) is 0.429. The fourth-order valence-corrected chi connectivity index (χ4v) is 1.60. The lowest BCUT2D eigenvalue weighted by molar-refractivity contribution is 0.0669. The lowest BCUT2D eigenvalue weighted by atomic mass is 10.1. The molecule has 110 valence electrons. The Hall–Kier alpha value is -2.24. The number of carbonyl (C=O) groups is 2. The van der Waals surface area contributed by atoms with Crippen molar-refractivity contribution in [1.82, 2.24) is 0 Å². The van der Waals surface area contributed by atoms with Crippen LogP contribution < -0.4 is 9.47 Å². The molecular formula is C14H18O6. The first-order valence-electron chi connectivity index (χ1n) is 6.20. The molecule has 20 heavy (non-hydrogen) atoms. The van der Waals surface area contributed by atoms with Gasteiger partial charge >= 0.3 is 11.9 Å². The van der Waals surface area contributed by atoms with Crippen molar-refractivity contribution in [3.8, 4) is 11.5 Å². The molecule has 1 aromatic rings. The Bertz CT molecular complexity index is 471. The van der Waals surface area contributed by atoms with Gasteiger partial charge in [0.2, 0.25) is 0 Å². The first-order chi connectivity index (χ1) is 9.22. The highest BCUT2D eigenvalue weighted by molar-refractivity contribution is 5.97. The number of carboxylic acids is 2. The highest BCUT2D eigenvalue weighted by Gasteiger charge is 2.21. The van der Waals surface area contributed by atoms with Crippen molar-refractivity contribution in [2.24, 2.45) is 0 Å². The normalized spacial score (nSPS) is 10.7. The van der Waals surface area contributed by atoms with E-state index in [2.05, 4.69) is 0 Å². The number of benzene rings is 1. The summed E-state index contributed by atoms with van der Waals surface area (Å²) in [6.45, 7) is 6.91. The first kappa shape index (κ1) is 15.8. The van der Waals surface area contributed by atoms with E-state index in [0.717, 1.165) is 0 Å². The summed E-state index contributed by atoms with van der Waals surface area (Å²) in [5.41, 5.74) is -0.251. The maximum Gasteiger partial charge on any atom is 0.339 e. The van der Waals surface area contributed by atoms with Crippen LogP contribution in [0.5, 0.6) is 11.5 Å². The summed E-state index contributed by atoms with van der Waals surface area (Å²) >= 11 is 0. The molecule has 0 aliphatic heterocycles. The number of aromatic carboxylic acids is 2. The summed E-state index contributed by atoms with van der Waals surface area (Å²) in [5.74, 6) is -2.38. The highest BCUT2D eigenvalue weighted by Crippen LogP contribution is 2.30. The van der Waals surface area contributed by atoms with Crippen molar-refractivity contribution >= 4 is 11.9 Å². The molecule has 0 amide bonds. The molecular weight excluding hydrogens is 264 g/mol. The maximum atomic E-state index is 11.2. The first-order valence-corrected chi connectivity index (χ1v) is 6.20. The quantitative estimate of drug-likeness (QED) is 0.833. The molecule has 0 aliphatic carbocycles. The van der Waals surface area contributed by atoms with Crippen LogP contribution in [0, 0.1) is 0 Å². The Morgan fingerprint density at radius 1 is 0.850 bits per heavy atom. The number of ether oxygens (including phenoxy) is 2. The van der Waals surface area contributed by atoms with E-state index in [1.807, 2.05) is 0 Å². The molecule has 0 radical (unpaired) electrons. The molecule has 6 nitrogen and oxygen atoms in total. The third-order valence-electron chi connectivity index (χ3n) is 2.27. The predicted molar refractivity (Wildman–Crippen MR) is 71.9 cm³/mol. The van der Waals surface area contributed by atoms with Crippen LogP contribution in [0.15, 0.2) is 12.1 Å². The number of rotatable bonds is 6. The van der Waals surface area contributed by atoms with Gasteiger partial charge in [-0.05, 0) is 39.8 Å². The van der Waals surface area contributed by atoms with Crippen molar-refractivity contribution in [3.63, 3.8) is 0 Å². The van der Waals surface area contributed by atoms with Crippen molar-refractivity contribution in [1.29, 1.82) is 0 Å². The summed E-state index contributed by atoms with van der Waals surface area (Å²) < 4.78 is 10.7. The Morgan fingerprint density at radius 2 is 1.15 bits per heavy atom. The maximum absolute atomic E-state index is 11.2. The molecule has 6 heteroatoms. The molecule has 2 N–H and O–H groups in total. The van der Waals surface area contributed by atoms with Gasteiger partial charge in [-0.1, -0.05) is 0 Å². The van der Waals surface area contributed by atoms with Crippen LogP contribution in [0.1, 0.15) is 48.4 Å². The molecule has 0 aromatic heterocycles. The second kappa shape index (κ2) is 6.27. The SMILES string of the molecule is CC(C)Oc1cc(C(=O)O)c(OC(C)C)cc1C(=O)O. The van der Waals surface area contributed by atoms with Gasteiger partial charge in [0.25, 0.3) is 0 Å². The van der Waals surface area contributed by atoms with Gasteiger partial charge in [0.15, 0.2) is 0 Å². The van der Waals surface area contributed by atoms with E-state index in [4.69, 9.17) is 9.47 Å². The second-order valence-electron chi connectivity index (χ2n) is 4.79. The lowest BCUT2D eigenvalue weighted by Crippen LogP contribution is -2.14. The van der Waals surface area contributed by atoms with Crippen LogP contribution in [-0.2, 0) is 0 Å². The van der Waals surface area contributed by atoms with Crippen molar-refractivity contribution in [3.05, 3.63) is 23.3 Å². The third kappa shape index (κ3) is 3.88. The Morgan fingerprint density at radius 3 is 1.35 bits per heavy atom. The Kier molecular flexibility index (Phi) is 4.96. The third-order valence-corrected chi connectivity index (χ3v) is 2.27. The van der Waals surface area contributed by atoms with E-state index in [0.29, 0.717) is 0 Å². The molecule has 0 atom stereocenters. The Balaban J connectivity index is 3.42. The molecule has 0 saturated carbocycles. The van der Waals surface area contributed by atoms with E-state index >= 15 is 0 Å². The van der Waals surface area contributed by atoms with Gasteiger partial charge in [-0.25, -0.2) is 9.59 Å². The minimum Gasteiger partial charge on any atom is -0.490 e. The van der Waals surface area contributed by atoms with E-state index < -0.39 is 11.9 Å². The lowest BCUT2D eigenvalue weighted by Gasteiger charge is -2.17. The standard InChI is InChI=1S/C14H18O6/c1-7(2)19-11-5-10(14(17)18)12(20-8(3)4)6-9(11)13(15)16/h5-8H,1-4H3,(H,15,16)(H,17,18). The summed E-state index contributed by atoms with van der Waals surface area (Å²) in [4.78, 5) is 22.5. The fourth-order valence-electron chi connectivity index (χ4n) is 1.60. The van der Waals surface area contributed by atoms with Crippen molar-refractivity contribution in [2.75, 3.05) is 0 Å². The van der Waals surface area contributed by atoms with Gasteiger partial charge in [-0.15, -0.1) is 0 Å². The molecule has 0 fully saturated rings. The topological polar surface area (TPSA) is 93.1 Å². The van der Waals surface area contributed by atoms with Gasteiger partial charge in [0.1, 0.15) is 22.6 Å². The molecule has 0 heterocycles. The predicted octanol–water partition coefficient (Wildman–Crippen LogP) is 2.66. The smallest absolute Gasteiger partial charge is 0.339 e. The van der Waals surface area contributed by atoms with Gasteiger partial charge in [-0.3, -0.25) is 0 Å². The van der Waals surface area contributed by atoms with Gasteiger partial charge in [0, 0.05) is 0 Å². The van der Waals surface area contributed by atoms with Crippen LogP contribution in [0.3, 0.4) is 0 Å². The number of hydrogen-bond acceptors (Lipinski definition) is 4. The van der Waals surface area contributed by atoms with E-state index in [-0.39, 0.29) is 34.8 Å². The second-order valence-corrected chi connectivity index (χ2v) is 4.79. The van der Waals surface area contributed by atoms with Crippen molar-refractivity contribution < 1.29 is 29.3 Å². The monoisotopic (exact) mass is 282 g/mol. The number of hydrogen-bond donors (Lipinski definition) is 2. The van der Waals surface area contributed by atoms with Gasteiger partial charge < -0.3 is 19.7 Å². The zero-order valence-electron chi connectivity index (χ0n) is 11.8. The van der Waals surface area contributed by atoms with E-state index in [1.54, 1.807) is 27.7 Å². The average molecular weight is 282 g/mol. The summed E-state index contributed by atoms with van der Waals surface area (Å²) in [7, 11) is 0. The molecule has 1 aromatic carbocycles. The largest absolute Gasteiger partial charge is 0.490 e. The average Bonchev–Trinajstić information content (AvgIpc) is 2.28. The molecule has 0 unspecified atom stereocenters. The summed E-state index contributed by atoms with van der Waals surface area (Å²) in [6.07, 6.45) is -0.543. The van der Waals surface area contributed by atoms with Crippen LogP contribution >= 0.6 is 0 Å². The van der Waals surface area contributed by atoms with Crippen LogP contribution in [-0.4, -0.2) is 34.4 Å². The molecule has 0 spiro atoms. The van der Waals surface area contributed by atoms with Crippen LogP contribution in [0.25, 0.3) is 0 Å². The minimum atomic E-state index is -1.20. The van der Waals surface area contributed by atoms with E-state index in [9.17, 15) is 19.8 Å². The van der Waals surface area contributed by atoms with Gasteiger partial charge in [0.05, 0.1) is 12.2 Å². The zero-order valence-corrected chi connectivity index (χ0v) is 11.8. The molecule has 0 bridgehead atoms. The molecule has 0 saturated heterocycles.